The number of anilines is 1. The molecule has 182 valence electrons. The van der Waals surface area contributed by atoms with Gasteiger partial charge in [-0.25, -0.2) is 9.07 Å². The van der Waals surface area contributed by atoms with E-state index in [4.69, 9.17) is 0 Å². The van der Waals surface area contributed by atoms with Crippen LogP contribution in [0.4, 0.5) is 10.1 Å². The molecule has 0 bridgehead atoms. The van der Waals surface area contributed by atoms with E-state index in [9.17, 15) is 4.39 Å². The van der Waals surface area contributed by atoms with Crippen LogP contribution >= 0.6 is 11.9 Å². The van der Waals surface area contributed by atoms with Crippen molar-refractivity contribution in [3.8, 4) is 5.69 Å². The van der Waals surface area contributed by atoms with Crippen molar-refractivity contribution in [2.24, 2.45) is 5.92 Å². The molecule has 1 saturated carbocycles. The molecule has 3 heterocycles. The summed E-state index contributed by atoms with van der Waals surface area (Å²) in [6, 6.07) is 10.9. The fraction of sp³-hybridized carbons (Fsp3) is 0.407. The van der Waals surface area contributed by atoms with E-state index in [0.29, 0.717) is 0 Å². The lowest BCUT2D eigenvalue weighted by molar-refractivity contribution is 0.340. The number of piperidine rings is 1. The first-order valence-electron chi connectivity index (χ1n) is 12.4. The molecule has 1 N–H and O–H groups in total. The smallest absolute Gasteiger partial charge is 0.123 e. The van der Waals surface area contributed by atoms with Crippen molar-refractivity contribution in [2.75, 3.05) is 18.0 Å². The Bertz CT molecular complexity index is 1330. The van der Waals surface area contributed by atoms with Gasteiger partial charge in [0.1, 0.15) is 5.82 Å². The minimum absolute atomic E-state index is 0.0885. The second-order valence-corrected chi connectivity index (χ2v) is 11.2. The van der Waals surface area contributed by atoms with Crippen LogP contribution in [0, 0.1) is 18.7 Å². The molecule has 6 nitrogen and oxygen atoms in total. The number of rotatable bonds is 7. The zero-order valence-corrected chi connectivity index (χ0v) is 21.1. The van der Waals surface area contributed by atoms with E-state index in [-0.39, 0.29) is 11.4 Å². The first-order valence-corrected chi connectivity index (χ1v) is 13.2. The molecule has 6 rings (SSSR count). The molecule has 1 aliphatic heterocycles. The fourth-order valence-electron chi connectivity index (χ4n) is 4.88. The van der Waals surface area contributed by atoms with Crippen LogP contribution < -0.4 is 9.62 Å². The summed E-state index contributed by atoms with van der Waals surface area (Å²) < 4.78 is 21.1. The highest BCUT2D eigenvalue weighted by Gasteiger charge is 2.31. The number of benzene rings is 2. The molecular weight excluding hydrogens is 459 g/mol. The average Bonchev–Trinajstić information content (AvgIpc) is 3.40. The second-order valence-electron chi connectivity index (χ2n) is 10.3. The third kappa shape index (κ3) is 4.82. The van der Waals surface area contributed by atoms with Gasteiger partial charge in [0.15, 0.2) is 0 Å². The van der Waals surface area contributed by atoms with Gasteiger partial charge in [0.2, 0.25) is 0 Å². The number of fused-ring (bicyclic) bond motifs is 1. The summed E-state index contributed by atoms with van der Waals surface area (Å²) in [5.74, 6) is 0.597. The molecule has 0 radical (unpaired) electrons. The standard InChI is InChI=1S/C27H31FN6S/c1-19-13-26-21(15-30-34(26)23-7-5-22(28)6-8-23)14-25(19)32-11-9-27(2,10-12-32)31-35-24-16-29-33(18-24)17-20-3-4-20/h5-8,13-16,18,20,31H,3-4,9-12,17H2,1-2H3. The van der Waals surface area contributed by atoms with Crippen molar-refractivity contribution in [2.45, 2.75) is 56.5 Å². The molecule has 4 aromatic rings. The number of aromatic nitrogens is 4. The van der Waals surface area contributed by atoms with Gasteiger partial charge in [-0.2, -0.15) is 10.2 Å². The summed E-state index contributed by atoms with van der Waals surface area (Å²) >= 11 is 1.71. The molecule has 2 aromatic carbocycles. The minimum Gasteiger partial charge on any atom is -0.371 e. The van der Waals surface area contributed by atoms with Crippen molar-refractivity contribution in [3.63, 3.8) is 0 Å². The third-order valence-electron chi connectivity index (χ3n) is 7.33. The van der Waals surface area contributed by atoms with Crippen molar-refractivity contribution in [1.82, 2.24) is 24.3 Å². The van der Waals surface area contributed by atoms with Crippen LogP contribution in [0.2, 0.25) is 0 Å². The monoisotopic (exact) mass is 490 g/mol. The molecule has 2 aliphatic rings. The van der Waals surface area contributed by atoms with Crippen molar-refractivity contribution >= 4 is 28.5 Å². The Morgan fingerprint density at radius 2 is 1.86 bits per heavy atom. The van der Waals surface area contributed by atoms with E-state index >= 15 is 0 Å². The van der Waals surface area contributed by atoms with Gasteiger partial charge in [-0.1, -0.05) is 0 Å². The number of nitrogens with zero attached hydrogens (tertiary/aromatic N) is 5. The van der Waals surface area contributed by atoms with E-state index in [0.717, 1.165) is 55.0 Å². The third-order valence-corrected chi connectivity index (χ3v) is 8.37. The van der Waals surface area contributed by atoms with Crippen LogP contribution in [0.15, 0.2) is 59.9 Å². The summed E-state index contributed by atoms with van der Waals surface area (Å²) in [7, 11) is 0. The van der Waals surface area contributed by atoms with Crippen LogP contribution in [0.5, 0.6) is 0 Å². The Balaban J connectivity index is 1.11. The number of hydrogen-bond acceptors (Lipinski definition) is 5. The Kier molecular flexibility index (Phi) is 5.81. The lowest BCUT2D eigenvalue weighted by Crippen LogP contribution is -2.49. The summed E-state index contributed by atoms with van der Waals surface area (Å²) in [6.07, 6.45) is 10.9. The molecule has 35 heavy (non-hydrogen) atoms. The number of aryl methyl sites for hydroxylation is 1. The first kappa shape index (κ1) is 22.6. The molecule has 0 unspecified atom stereocenters. The van der Waals surface area contributed by atoms with Gasteiger partial charge >= 0.3 is 0 Å². The quantitative estimate of drug-likeness (QED) is 0.335. The maximum Gasteiger partial charge on any atom is 0.123 e. The highest BCUT2D eigenvalue weighted by atomic mass is 32.2. The van der Waals surface area contributed by atoms with Gasteiger partial charge in [-0.05, 0) is 99.4 Å². The van der Waals surface area contributed by atoms with E-state index < -0.39 is 0 Å². The zero-order chi connectivity index (χ0) is 24.0. The molecule has 1 aliphatic carbocycles. The SMILES string of the molecule is Cc1cc2c(cnn2-c2ccc(F)cc2)cc1N1CCC(C)(NSc2cnn(CC3CC3)c2)CC1. The van der Waals surface area contributed by atoms with E-state index in [1.165, 1.54) is 41.1 Å². The molecule has 0 spiro atoms. The Labute approximate surface area is 209 Å². The Hall–Kier alpha value is -2.84. The maximum atomic E-state index is 13.4. The molecule has 1 saturated heterocycles. The van der Waals surface area contributed by atoms with Gasteiger partial charge in [0.05, 0.1) is 28.5 Å². The number of halogens is 1. The summed E-state index contributed by atoms with van der Waals surface area (Å²) in [5, 5.41) is 10.2. The molecule has 0 amide bonds. The average molecular weight is 491 g/mol. The first-order chi connectivity index (χ1) is 17.0. The normalized spacial score (nSPS) is 17.9. The molecule has 2 fully saturated rings. The zero-order valence-electron chi connectivity index (χ0n) is 20.2. The van der Waals surface area contributed by atoms with Gasteiger partial charge in [0, 0.05) is 42.4 Å². The van der Waals surface area contributed by atoms with Gasteiger partial charge in [-0.3, -0.25) is 9.40 Å². The summed E-state index contributed by atoms with van der Waals surface area (Å²) in [5.41, 5.74) is 4.50. The topological polar surface area (TPSA) is 50.9 Å². The number of hydrogen-bond donors (Lipinski definition) is 1. The number of nitrogens with one attached hydrogen (secondary N) is 1. The van der Waals surface area contributed by atoms with E-state index in [1.54, 1.807) is 24.1 Å². The van der Waals surface area contributed by atoms with Crippen LogP contribution in [-0.2, 0) is 6.54 Å². The highest BCUT2D eigenvalue weighted by Crippen LogP contribution is 2.34. The van der Waals surface area contributed by atoms with E-state index in [1.807, 2.05) is 17.1 Å². The summed E-state index contributed by atoms with van der Waals surface area (Å²) in [4.78, 5) is 3.68. The summed E-state index contributed by atoms with van der Waals surface area (Å²) in [6.45, 7) is 7.55. The molecule has 2 aromatic heterocycles. The Morgan fingerprint density at radius 3 is 2.60 bits per heavy atom. The van der Waals surface area contributed by atoms with Crippen LogP contribution in [0.25, 0.3) is 16.6 Å². The largest absolute Gasteiger partial charge is 0.371 e. The van der Waals surface area contributed by atoms with Crippen molar-refractivity contribution in [1.29, 1.82) is 0 Å². The maximum absolute atomic E-state index is 13.4. The van der Waals surface area contributed by atoms with Crippen LogP contribution in [0.3, 0.4) is 0 Å². The molecule has 0 atom stereocenters. The van der Waals surface area contributed by atoms with Crippen LogP contribution in [0.1, 0.15) is 38.2 Å². The van der Waals surface area contributed by atoms with Crippen LogP contribution in [-0.4, -0.2) is 38.2 Å². The van der Waals surface area contributed by atoms with Gasteiger partial charge in [0.25, 0.3) is 0 Å². The molecule has 8 heteroatoms. The minimum atomic E-state index is -0.239. The lowest BCUT2D eigenvalue weighted by atomic mass is 9.90. The molecular formula is C27H31FN6S. The van der Waals surface area contributed by atoms with Gasteiger partial charge in [-0.15, -0.1) is 0 Å². The van der Waals surface area contributed by atoms with Crippen molar-refractivity contribution < 1.29 is 4.39 Å². The fourth-order valence-corrected chi connectivity index (χ4v) is 5.73. The predicted molar refractivity (Wildman–Crippen MR) is 140 cm³/mol. The van der Waals surface area contributed by atoms with Crippen molar-refractivity contribution in [3.05, 3.63) is 66.4 Å². The second kappa shape index (κ2) is 8.99. The van der Waals surface area contributed by atoms with Gasteiger partial charge < -0.3 is 4.90 Å². The highest BCUT2D eigenvalue weighted by molar-refractivity contribution is 7.97. The predicted octanol–water partition coefficient (Wildman–Crippen LogP) is 5.74. The van der Waals surface area contributed by atoms with E-state index in [2.05, 4.69) is 56.7 Å². The lowest BCUT2D eigenvalue weighted by Gasteiger charge is -2.41. The Morgan fingerprint density at radius 1 is 1.09 bits per heavy atom.